The largest absolute Gasteiger partial charge is 0.370 e. The van der Waals surface area contributed by atoms with Crippen LogP contribution in [0, 0.1) is 5.41 Å². The molecule has 0 spiro atoms. The van der Waals surface area contributed by atoms with Crippen molar-refractivity contribution in [1.82, 2.24) is 4.90 Å². The van der Waals surface area contributed by atoms with Crippen LogP contribution in [-0.4, -0.2) is 48.4 Å². The highest BCUT2D eigenvalue weighted by Gasteiger charge is 2.42. The average Bonchev–Trinajstić information content (AvgIpc) is 2.78. The number of Topliss-reactive ketones (excluding diaryl/α,β-unsaturated/α-hetero) is 1. The van der Waals surface area contributed by atoms with Crippen molar-refractivity contribution in [2.24, 2.45) is 11.1 Å². The van der Waals surface area contributed by atoms with Gasteiger partial charge in [0.25, 0.3) is 0 Å². The van der Waals surface area contributed by atoms with E-state index in [1.807, 2.05) is 30.0 Å². The summed E-state index contributed by atoms with van der Waals surface area (Å²) in [6, 6.07) is 9.76. The number of carbonyl (C=O) groups excluding carboxylic acids is 2. The van der Waals surface area contributed by atoms with Gasteiger partial charge in [0.2, 0.25) is 5.91 Å². The van der Waals surface area contributed by atoms with Gasteiger partial charge in [0.1, 0.15) is 6.61 Å². The van der Waals surface area contributed by atoms with Gasteiger partial charge in [-0.2, -0.15) is 0 Å². The molecular weight excluding hydrogens is 364 g/mol. The Balaban J connectivity index is 1.67. The second kappa shape index (κ2) is 10.4. The molecule has 1 aliphatic heterocycles. The van der Waals surface area contributed by atoms with Crippen molar-refractivity contribution in [3.05, 3.63) is 35.9 Å². The first-order valence-corrected chi connectivity index (χ1v) is 11.3. The number of likely N-dealkylation sites (tertiary alicyclic amines) is 1. The maximum Gasteiger partial charge on any atom is 0.239 e. The molecule has 1 amide bonds. The Morgan fingerprint density at radius 2 is 1.79 bits per heavy atom. The molecule has 2 fully saturated rings. The number of nitrogens with two attached hydrogens (primary N) is 1. The first-order chi connectivity index (χ1) is 14.0. The SMILES string of the molecule is CC[C@H](N)C(=O)N1CCC(Cc2ccccc2)(C(=O)COC2CCCCC2)CC1. The van der Waals surface area contributed by atoms with Gasteiger partial charge in [-0.25, -0.2) is 0 Å². The van der Waals surface area contributed by atoms with Gasteiger partial charge in [-0.3, -0.25) is 9.59 Å². The van der Waals surface area contributed by atoms with Gasteiger partial charge in [0, 0.05) is 18.5 Å². The smallest absolute Gasteiger partial charge is 0.239 e. The van der Waals surface area contributed by atoms with Crippen LogP contribution < -0.4 is 5.73 Å². The maximum absolute atomic E-state index is 13.4. The van der Waals surface area contributed by atoms with Crippen LogP contribution in [0.4, 0.5) is 0 Å². The van der Waals surface area contributed by atoms with Crippen LogP contribution in [0.3, 0.4) is 0 Å². The summed E-state index contributed by atoms with van der Waals surface area (Å²) in [6.45, 7) is 3.31. The van der Waals surface area contributed by atoms with Crippen LogP contribution in [0.25, 0.3) is 0 Å². The van der Waals surface area contributed by atoms with E-state index in [-0.39, 0.29) is 24.4 Å². The normalized spacial score (nSPS) is 21.0. The van der Waals surface area contributed by atoms with Crippen molar-refractivity contribution in [2.75, 3.05) is 19.7 Å². The molecule has 1 atom stereocenters. The van der Waals surface area contributed by atoms with Crippen molar-refractivity contribution < 1.29 is 14.3 Å². The van der Waals surface area contributed by atoms with E-state index in [4.69, 9.17) is 10.5 Å². The fourth-order valence-electron chi connectivity index (χ4n) is 4.68. The zero-order valence-electron chi connectivity index (χ0n) is 17.8. The molecule has 0 aromatic heterocycles. The zero-order chi connectivity index (χ0) is 20.7. The number of ether oxygens (including phenoxy) is 1. The Labute approximate surface area is 175 Å². The van der Waals surface area contributed by atoms with Crippen LogP contribution in [-0.2, 0) is 20.7 Å². The topological polar surface area (TPSA) is 72.6 Å². The number of benzene rings is 1. The summed E-state index contributed by atoms with van der Waals surface area (Å²) >= 11 is 0. The third-order valence-electron chi connectivity index (χ3n) is 6.77. The van der Waals surface area contributed by atoms with Crippen LogP contribution in [0.5, 0.6) is 0 Å². The summed E-state index contributed by atoms with van der Waals surface area (Å²) in [4.78, 5) is 27.7. The molecule has 3 rings (SSSR count). The third kappa shape index (κ3) is 5.67. The number of carbonyl (C=O) groups is 2. The molecular formula is C24H36N2O3. The van der Waals surface area contributed by atoms with Crippen LogP contribution in [0.15, 0.2) is 30.3 Å². The van der Waals surface area contributed by atoms with Gasteiger partial charge in [-0.15, -0.1) is 0 Å². The molecule has 1 saturated carbocycles. The number of amides is 1. The molecule has 1 aromatic rings. The number of hydrogen-bond donors (Lipinski definition) is 1. The van der Waals surface area contributed by atoms with Gasteiger partial charge >= 0.3 is 0 Å². The Morgan fingerprint density at radius 1 is 1.14 bits per heavy atom. The van der Waals surface area contributed by atoms with E-state index in [9.17, 15) is 9.59 Å². The van der Waals surface area contributed by atoms with Crippen molar-refractivity contribution in [2.45, 2.75) is 76.9 Å². The maximum atomic E-state index is 13.4. The lowest BCUT2D eigenvalue weighted by atomic mass is 9.70. The van der Waals surface area contributed by atoms with E-state index in [0.29, 0.717) is 38.8 Å². The van der Waals surface area contributed by atoms with E-state index >= 15 is 0 Å². The lowest BCUT2D eigenvalue weighted by molar-refractivity contribution is -0.144. The van der Waals surface area contributed by atoms with E-state index in [0.717, 1.165) is 12.8 Å². The molecule has 29 heavy (non-hydrogen) atoms. The summed E-state index contributed by atoms with van der Waals surface area (Å²) in [5.74, 6) is 0.200. The molecule has 5 nitrogen and oxygen atoms in total. The minimum Gasteiger partial charge on any atom is -0.370 e. The van der Waals surface area contributed by atoms with E-state index in [1.54, 1.807) is 0 Å². The molecule has 160 valence electrons. The van der Waals surface area contributed by atoms with Gasteiger partial charge in [-0.05, 0) is 44.1 Å². The zero-order valence-corrected chi connectivity index (χ0v) is 17.8. The summed E-state index contributed by atoms with van der Waals surface area (Å²) in [5.41, 5.74) is 6.67. The Kier molecular flexibility index (Phi) is 7.84. The Morgan fingerprint density at radius 3 is 2.41 bits per heavy atom. The summed E-state index contributed by atoms with van der Waals surface area (Å²) < 4.78 is 6.04. The van der Waals surface area contributed by atoms with Gasteiger partial charge in [0.15, 0.2) is 5.78 Å². The molecule has 1 saturated heterocycles. The number of nitrogens with zero attached hydrogens (tertiary/aromatic N) is 1. The second-order valence-electron chi connectivity index (χ2n) is 8.78. The monoisotopic (exact) mass is 400 g/mol. The molecule has 1 aliphatic carbocycles. The lowest BCUT2D eigenvalue weighted by Gasteiger charge is -2.41. The Hall–Kier alpha value is -1.72. The van der Waals surface area contributed by atoms with Crippen LogP contribution >= 0.6 is 0 Å². The predicted molar refractivity (Wildman–Crippen MR) is 114 cm³/mol. The fourth-order valence-corrected chi connectivity index (χ4v) is 4.68. The van der Waals surface area contributed by atoms with E-state index in [1.165, 1.54) is 24.8 Å². The third-order valence-corrected chi connectivity index (χ3v) is 6.77. The highest BCUT2D eigenvalue weighted by Crippen LogP contribution is 2.37. The van der Waals surface area contributed by atoms with Crippen LogP contribution in [0.1, 0.15) is 63.9 Å². The predicted octanol–water partition coefficient (Wildman–Crippen LogP) is 3.49. The number of hydrogen-bond acceptors (Lipinski definition) is 4. The minimum atomic E-state index is -0.455. The summed E-state index contributed by atoms with van der Waals surface area (Å²) in [6.07, 6.45) is 8.73. The standard InChI is InChI=1S/C24H36N2O3/c1-2-21(25)23(28)26-15-13-24(14-16-26,17-19-9-5-3-6-10-19)22(27)18-29-20-11-7-4-8-12-20/h3,5-6,9-10,20-21H,2,4,7-8,11-18,25H2,1H3/t21-/m0/s1. The van der Waals surface area contributed by atoms with E-state index < -0.39 is 11.5 Å². The molecule has 2 aliphatic rings. The first kappa shape index (κ1) is 22.0. The molecule has 5 heteroatoms. The summed E-state index contributed by atoms with van der Waals surface area (Å²) in [7, 11) is 0. The second-order valence-corrected chi connectivity index (χ2v) is 8.78. The Bertz CT molecular complexity index is 662. The van der Waals surface area contributed by atoms with E-state index in [2.05, 4.69) is 12.1 Å². The van der Waals surface area contributed by atoms with Crippen molar-refractivity contribution in [3.63, 3.8) is 0 Å². The fraction of sp³-hybridized carbons (Fsp3) is 0.667. The number of piperidine rings is 1. The van der Waals surface area contributed by atoms with Crippen molar-refractivity contribution >= 4 is 11.7 Å². The first-order valence-electron chi connectivity index (χ1n) is 11.3. The molecule has 1 heterocycles. The average molecular weight is 401 g/mol. The van der Waals surface area contributed by atoms with Gasteiger partial charge < -0.3 is 15.4 Å². The number of ketones is 1. The van der Waals surface area contributed by atoms with Crippen molar-refractivity contribution in [1.29, 1.82) is 0 Å². The highest BCUT2D eigenvalue weighted by atomic mass is 16.5. The molecule has 0 radical (unpaired) electrons. The van der Waals surface area contributed by atoms with Crippen LogP contribution in [0.2, 0.25) is 0 Å². The molecule has 0 unspecified atom stereocenters. The molecule has 1 aromatic carbocycles. The summed E-state index contributed by atoms with van der Waals surface area (Å²) in [5, 5.41) is 0. The highest BCUT2D eigenvalue weighted by molar-refractivity contribution is 5.87. The quantitative estimate of drug-likeness (QED) is 0.725. The number of rotatable bonds is 8. The van der Waals surface area contributed by atoms with Gasteiger partial charge in [0.05, 0.1) is 12.1 Å². The molecule has 2 N–H and O–H groups in total. The van der Waals surface area contributed by atoms with Gasteiger partial charge in [-0.1, -0.05) is 56.5 Å². The minimum absolute atomic E-state index is 0.00622. The lowest BCUT2D eigenvalue weighted by Crippen LogP contribution is -2.52. The van der Waals surface area contributed by atoms with Crippen molar-refractivity contribution in [3.8, 4) is 0 Å². The molecule has 0 bridgehead atoms.